The third kappa shape index (κ3) is 4.27. The minimum atomic E-state index is -0.570. The van der Waals surface area contributed by atoms with Crippen molar-refractivity contribution < 1.29 is 14.7 Å². The lowest BCUT2D eigenvalue weighted by atomic mass is 10.1. The molecule has 1 N–H and O–H groups in total. The molecule has 2 rings (SSSR count). The molecule has 1 heterocycles. The van der Waals surface area contributed by atoms with Crippen molar-refractivity contribution >= 4 is 28.9 Å². The first kappa shape index (κ1) is 17.4. The van der Waals surface area contributed by atoms with Crippen molar-refractivity contribution in [3.8, 4) is 5.75 Å². The molecule has 1 aromatic heterocycles. The third-order valence-corrected chi connectivity index (χ3v) is 3.51. The maximum atomic E-state index is 12.1. The molecule has 122 valence electrons. The average molecular weight is 355 g/mol. The van der Waals surface area contributed by atoms with Gasteiger partial charge in [-0.2, -0.15) is 4.73 Å². The molecule has 7 heteroatoms. The molecule has 2 aromatic rings. The Bertz CT molecular complexity index is 735. The highest BCUT2D eigenvalue weighted by molar-refractivity contribution is 6.42. The normalized spacial score (nSPS) is 12.3. The molecule has 0 bridgehead atoms. The summed E-state index contributed by atoms with van der Waals surface area (Å²) in [6.45, 7) is 5.46. The van der Waals surface area contributed by atoms with Crippen molar-refractivity contribution in [2.75, 3.05) is 0 Å². The molecule has 0 atom stereocenters. The molecule has 0 amide bonds. The van der Waals surface area contributed by atoms with Gasteiger partial charge in [0.25, 0.3) is 5.69 Å². The summed E-state index contributed by atoms with van der Waals surface area (Å²) in [7, 11) is 0. The van der Waals surface area contributed by atoms with Gasteiger partial charge in [0.15, 0.2) is 17.7 Å². The van der Waals surface area contributed by atoms with Crippen LogP contribution in [0.15, 0.2) is 41.7 Å². The van der Waals surface area contributed by atoms with Crippen LogP contribution in [0.1, 0.15) is 32.0 Å². The van der Waals surface area contributed by atoms with E-state index in [-0.39, 0.29) is 17.2 Å². The second kappa shape index (κ2) is 6.64. The number of oxime groups is 1. The van der Waals surface area contributed by atoms with Crippen LogP contribution in [0.2, 0.25) is 10.0 Å². The van der Waals surface area contributed by atoms with Gasteiger partial charge in [-0.05, 0) is 39.0 Å². The van der Waals surface area contributed by atoms with E-state index in [1.54, 1.807) is 18.2 Å². The number of hydrogen-bond donors (Lipinski definition) is 1. The number of aromatic hydroxyl groups is 1. The molecule has 0 saturated carbocycles. The highest BCUT2D eigenvalue weighted by Crippen LogP contribution is 2.26. The van der Waals surface area contributed by atoms with Crippen LogP contribution in [-0.4, -0.2) is 16.4 Å². The first-order valence-electron chi connectivity index (χ1n) is 6.82. The fraction of sp³-hybridized carbons (Fsp3) is 0.250. The first-order chi connectivity index (χ1) is 10.7. The number of rotatable bonds is 3. The molecule has 0 aliphatic heterocycles. The Morgan fingerprint density at radius 3 is 2.48 bits per heavy atom. The number of aromatic nitrogens is 1. The van der Waals surface area contributed by atoms with Crippen molar-refractivity contribution in [2.45, 2.75) is 26.4 Å². The Labute approximate surface area is 144 Å². The lowest BCUT2D eigenvalue weighted by molar-refractivity contribution is -0.607. The van der Waals surface area contributed by atoms with E-state index in [1.807, 2.05) is 20.8 Å². The Hall–Kier alpha value is -1.98. The quantitative estimate of drug-likeness (QED) is 0.393. The highest BCUT2D eigenvalue weighted by atomic mass is 35.5. The van der Waals surface area contributed by atoms with E-state index >= 15 is 0 Å². The molecule has 23 heavy (non-hydrogen) atoms. The average Bonchev–Trinajstić information content (AvgIpc) is 2.44. The van der Waals surface area contributed by atoms with Crippen LogP contribution >= 0.6 is 23.2 Å². The van der Waals surface area contributed by atoms with Gasteiger partial charge in [0, 0.05) is 11.6 Å². The van der Waals surface area contributed by atoms with Crippen LogP contribution in [0.3, 0.4) is 0 Å². The van der Waals surface area contributed by atoms with E-state index in [2.05, 4.69) is 5.16 Å². The van der Waals surface area contributed by atoms with Crippen molar-refractivity contribution in [1.29, 1.82) is 0 Å². The number of hydrogen-bond acceptors (Lipinski definition) is 4. The van der Waals surface area contributed by atoms with Gasteiger partial charge in [-0.1, -0.05) is 34.4 Å². The molecular weight excluding hydrogens is 339 g/mol. The van der Waals surface area contributed by atoms with E-state index in [0.717, 1.165) is 0 Å². The Morgan fingerprint density at radius 1 is 1.22 bits per heavy atom. The molecule has 0 aliphatic carbocycles. The molecule has 0 radical (unpaired) electrons. The van der Waals surface area contributed by atoms with Crippen LogP contribution in [-0.2, 0) is 4.84 Å². The Kier molecular flexibility index (Phi) is 5.02. The Balaban J connectivity index is 2.63. The monoisotopic (exact) mass is 354 g/mol. The van der Waals surface area contributed by atoms with Crippen molar-refractivity contribution in [1.82, 2.24) is 0 Å². The smallest absolute Gasteiger partial charge is 0.288 e. The summed E-state index contributed by atoms with van der Waals surface area (Å²) < 4.78 is 0.517. The summed E-state index contributed by atoms with van der Waals surface area (Å²) in [5, 5.41) is 26.9. The summed E-state index contributed by atoms with van der Waals surface area (Å²) in [5.41, 5.74) is 0.0519. The lowest BCUT2D eigenvalue weighted by Crippen LogP contribution is -2.35. The van der Waals surface area contributed by atoms with Crippen molar-refractivity contribution in [3.05, 3.63) is 63.0 Å². The minimum Gasteiger partial charge on any atom is -0.618 e. The van der Waals surface area contributed by atoms with Gasteiger partial charge < -0.3 is 15.2 Å². The number of nitrogens with zero attached hydrogens (tertiary/aromatic N) is 2. The maximum absolute atomic E-state index is 12.1. The molecule has 0 fully saturated rings. The number of benzene rings is 1. The summed E-state index contributed by atoms with van der Waals surface area (Å²) >= 11 is 12.0. The van der Waals surface area contributed by atoms with Crippen LogP contribution in [0.5, 0.6) is 5.75 Å². The minimum absolute atomic E-state index is 0.0323. The van der Waals surface area contributed by atoms with Gasteiger partial charge in [0.2, 0.25) is 0 Å². The summed E-state index contributed by atoms with van der Waals surface area (Å²) in [5.74, 6) is -0.218. The van der Waals surface area contributed by atoms with E-state index in [1.165, 1.54) is 18.3 Å². The van der Waals surface area contributed by atoms with Gasteiger partial charge in [0.1, 0.15) is 5.60 Å². The van der Waals surface area contributed by atoms with Gasteiger partial charge in [-0.25, -0.2) is 0 Å². The predicted molar refractivity (Wildman–Crippen MR) is 90.0 cm³/mol. The van der Waals surface area contributed by atoms with Crippen LogP contribution < -0.4 is 4.73 Å². The largest absolute Gasteiger partial charge is 0.618 e. The zero-order chi connectivity index (χ0) is 17.2. The molecule has 0 saturated heterocycles. The van der Waals surface area contributed by atoms with Crippen molar-refractivity contribution in [3.63, 3.8) is 0 Å². The van der Waals surface area contributed by atoms with Gasteiger partial charge in [0.05, 0.1) is 10.0 Å². The summed E-state index contributed by atoms with van der Waals surface area (Å²) in [6, 6.07) is 7.62. The molecular formula is C16H16Cl2N2O3. The summed E-state index contributed by atoms with van der Waals surface area (Å²) in [6.07, 6.45) is 1.26. The third-order valence-electron chi connectivity index (χ3n) is 2.77. The summed E-state index contributed by atoms with van der Waals surface area (Å²) in [4.78, 5) is 5.43. The van der Waals surface area contributed by atoms with E-state index in [9.17, 15) is 10.3 Å². The fourth-order valence-corrected chi connectivity index (χ4v) is 2.06. The van der Waals surface area contributed by atoms with Crippen molar-refractivity contribution in [2.24, 2.45) is 5.16 Å². The fourth-order valence-electron chi connectivity index (χ4n) is 1.76. The zero-order valence-electron chi connectivity index (χ0n) is 12.9. The maximum Gasteiger partial charge on any atom is 0.288 e. The highest BCUT2D eigenvalue weighted by Gasteiger charge is 2.24. The van der Waals surface area contributed by atoms with Crippen LogP contribution in [0.25, 0.3) is 0 Å². The van der Waals surface area contributed by atoms with E-state index in [0.29, 0.717) is 20.3 Å². The standard InChI is InChI=1S/C16H16Cl2N2O3/c1-16(2,3)23-19-14(10-6-7-11(17)12(18)9-10)15-13(21)5-4-8-20(15)22/h4-9,21H,1-3H3. The van der Waals surface area contributed by atoms with Gasteiger partial charge >= 0.3 is 0 Å². The molecule has 5 nitrogen and oxygen atoms in total. The number of pyridine rings is 1. The molecule has 0 unspecified atom stereocenters. The lowest BCUT2D eigenvalue weighted by Gasteiger charge is -2.17. The van der Waals surface area contributed by atoms with E-state index in [4.69, 9.17) is 28.0 Å². The Morgan fingerprint density at radius 2 is 1.91 bits per heavy atom. The molecule has 0 aliphatic rings. The van der Waals surface area contributed by atoms with Gasteiger partial charge in [-0.15, -0.1) is 0 Å². The molecule has 0 spiro atoms. The van der Waals surface area contributed by atoms with Crippen LogP contribution in [0.4, 0.5) is 0 Å². The van der Waals surface area contributed by atoms with Crippen LogP contribution in [0, 0.1) is 5.21 Å². The van der Waals surface area contributed by atoms with Gasteiger partial charge in [-0.3, -0.25) is 0 Å². The molecule has 1 aromatic carbocycles. The number of halogens is 2. The van der Waals surface area contributed by atoms with E-state index < -0.39 is 5.60 Å². The SMILES string of the molecule is CC(C)(C)ON=C(c1ccc(Cl)c(Cl)c1)c1c(O)ccc[n+]1[O-]. The zero-order valence-corrected chi connectivity index (χ0v) is 14.4. The topological polar surface area (TPSA) is 68.8 Å². The predicted octanol–water partition coefficient (Wildman–Crippen LogP) is 3.90. The second-order valence-electron chi connectivity index (χ2n) is 5.84. The second-order valence-corrected chi connectivity index (χ2v) is 6.65. The first-order valence-corrected chi connectivity index (χ1v) is 7.58.